The number of amides is 1. The topological polar surface area (TPSA) is 104 Å². The number of nitrogens with one attached hydrogen (secondary N) is 1. The average molecular weight is 423 g/mol. The molecule has 160 valence electrons. The minimum Gasteiger partial charge on any atom is -0.495 e. The number of hydrogen-bond acceptors (Lipinski definition) is 7. The highest BCUT2D eigenvalue weighted by molar-refractivity contribution is 6.10. The van der Waals surface area contributed by atoms with E-state index < -0.39 is 17.5 Å². The van der Waals surface area contributed by atoms with Gasteiger partial charge in [0.2, 0.25) is 0 Å². The van der Waals surface area contributed by atoms with Crippen molar-refractivity contribution in [1.82, 2.24) is 0 Å². The standard InChI is InChI=1S/C23H21NO7/c1-28-12-13-30-23(27)24-16-7-5-6-15(14-16)10-11-18(25)20-21(29-2)17-8-3-4-9-19(17)31-22(20)26/h3-11,14H,12-13H2,1-2H3,(H,24,27)/b11-10+. The van der Waals surface area contributed by atoms with Gasteiger partial charge in [-0.2, -0.15) is 0 Å². The van der Waals surface area contributed by atoms with Gasteiger partial charge in [-0.25, -0.2) is 9.59 Å². The summed E-state index contributed by atoms with van der Waals surface area (Å²) < 4.78 is 20.3. The van der Waals surface area contributed by atoms with Crippen LogP contribution in [0, 0.1) is 0 Å². The third-order valence-electron chi connectivity index (χ3n) is 4.30. The Morgan fingerprint density at radius 3 is 2.65 bits per heavy atom. The molecule has 0 aliphatic heterocycles. The van der Waals surface area contributed by atoms with Gasteiger partial charge in [0.15, 0.2) is 5.78 Å². The van der Waals surface area contributed by atoms with Crippen LogP contribution < -0.4 is 15.7 Å². The molecule has 1 aromatic heterocycles. The first-order chi connectivity index (χ1) is 15.0. The van der Waals surface area contributed by atoms with Crippen molar-refractivity contribution in [1.29, 1.82) is 0 Å². The first kappa shape index (κ1) is 21.8. The highest BCUT2D eigenvalue weighted by Crippen LogP contribution is 2.27. The lowest BCUT2D eigenvalue weighted by Gasteiger charge is -2.08. The molecule has 0 spiro atoms. The van der Waals surface area contributed by atoms with Crippen molar-refractivity contribution in [3.8, 4) is 5.75 Å². The predicted molar refractivity (Wildman–Crippen MR) is 116 cm³/mol. The van der Waals surface area contributed by atoms with Gasteiger partial charge in [0.1, 0.15) is 23.5 Å². The van der Waals surface area contributed by atoms with E-state index in [-0.39, 0.29) is 17.9 Å². The third-order valence-corrected chi connectivity index (χ3v) is 4.30. The van der Waals surface area contributed by atoms with Crippen molar-refractivity contribution in [2.45, 2.75) is 0 Å². The van der Waals surface area contributed by atoms with Crippen LogP contribution >= 0.6 is 0 Å². The zero-order chi connectivity index (χ0) is 22.2. The Hall–Kier alpha value is -3.91. The van der Waals surface area contributed by atoms with E-state index in [0.29, 0.717) is 28.8 Å². The fourth-order valence-corrected chi connectivity index (χ4v) is 2.89. The van der Waals surface area contributed by atoms with Gasteiger partial charge in [-0.1, -0.05) is 30.3 Å². The molecule has 0 saturated heterocycles. The van der Waals surface area contributed by atoms with Crippen molar-refractivity contribution in [2.75, 3.05) is 32.8 Å². The van der Waals surface area contributed by atoms with Crippen LogP contribution in [-0.4, -0.2) is 39.3 Å². The number of ether oxygens (including phenoxy) is 3. The van der Waals surface area contributed by atoms with Gasteiger partial charge in [-0.3, -0.25) is 10.1 Å². The van der Waals surface area contributed by atoms with Crippen molar-refractivity contribution >= 4 is 34.6 Å². The number of ketones is 1. The number of anilines is 1. The normalized spacial score (nSPS) is 10.9. The maximum Gasteiger partial charge on any atom is 0.411 e. The maximum absolute atomic E-state index is 12.7. The first-order valence-electron chi connectivity index (χ1n) is 9.38. The molecule has 0 aliphatic carbocycles. The molecule has 0 bridgehead atoms. The number of carbonyl (C=O) groups excluding carboxylic acids is 2. The molecular formula is C23H21NO7. The Kier molecular flexibility index (Phi) is 7.18. The third kappa shape index (κ3) is 5.37. The lowest BCUT2D eigenvalue weighted by Crippen LogP contribution is -2.16. The Morgan fingerprint density at radius 1 is 1.06 bits per heavy atom. The van der Waals surface area contributed by atoms with Gasteiger partial charge >= 0.3 is 11.7 Å². The highest BCUT2D eigenvalue weighted by Gasteiger charge is 2.20. The lowest BCUT2D eigenvalue weighted by molar-refractivity contribution is 0.104. The largest absolute Gasteiger partial charge is 0.495 e. The summed E-state index contributed by atoms with van der Waals surface area (Å²) in [4.78, 5) is 36.9. The number of fused-ring (bicyclic) bond motifs is 1. The van der Waals surface area contributed by atoms with Crippen LogP contribution in [-0.2, 0) is 9.47 Å². The molecule has 0 unspecified atom stereocenters. The Labute approximate surface area is 178 Å². The molecule has 8 nitrogen and oxygen atoms in total. The molecule has 0 radical (unpaired) electrons. The summed E-state index contributed by atoms with van der Waals surface area (Å²) >= 11 is 0. The minimum absolute atomic E-state index is 0.132. The number of rotatable bonds is 8. The number of methoxy groups -OCH3 is 2. The molecule has 1 N–H and O–H groups in total. The summed E-state index contributed by atoms with van der Waals surface area (Å²) in [6.07, 6.45) is 2.16. The van der Waals surface area contributed by atoms with Crippen molar-refractivity contribution in [3.05, 3.63) is 76.2 Å². The summed E-state index contributed by atoms with van der Waals surface area (Å²) in [7, 11) is 2.90. The fraction of sp³-hybridized carbons (Fsp3) is 0.174. The van der Waals surface area contributed by atoms with Crippen LogP contribution in [0.4, 0.5) is 10.5 Å². The van der Waals surface area contributed by atoms with Crippen LogP contribution in [0.3, 0.4) is 0 Å². The summed E-state index contributed by atoms with van der Waals surface area (Å²) in [6, 6.07) is 13.6. The van der Waals surface area contributed by atoms with Crippen molar-refractivity contribution < 1.29 is 28.2 Å². The molecule has 0 atom stereocenters. The smallest absolute Gasteiger partial charge is 0.411 e. The summed E-state index contributed by atoms with van der Waals surface area (Å²) in [5, 5.41) is 3.11. The zero-order valence-corrected chi connectivity index (χ0v) is 17.0. The number of hydrogen-bond donors (Lipinski definition) is 1. The van der Waals surface area contributed by atoms with E-state index in [1.165, 1.54) is 26.4 Å². The maximum atomic E-state index is 12.7. The van der Waals surface area contributed by atoms with E-state index in [2.05, 4.69) is 5.32 Å². The fourth-order valence-electron chi connectivity index (χ4n) is 2.89. The van der Waals surface area contributed by atoms with Crippen LogP contribution in [0.2, 0.25) is 0 Å². The first-order valence-corrected chi connectivity index (χ1v) is 9.38. The number of para-hydroxylation sites is 1. The van der Waals surface area contributed by atoms with Gasteiger partial charge in [0, 0.05) is 12.8 Å². The SMILES string of the molecule is COCCOC(=O)Nc1cccc(/C=C/C(=O)c2c(OC)c3ccccc3oc2=O)c1. The average Bonchev–Trinajstić information content (AvgIpc) is 2.77. The second-order valence-electron chi connectivity index (χ2n) is 6.37. The minimum atomic E-state index is -0.778. The Balaban J connectivity index is 1.80. The van der Waals surface area contributed by atoms with Gasteiger partial charge in [-0.15, -0.1) is 0 Å². The molecule has 1 heterocycles. The molecule has 2 aromatic carbocycles. The number of allylic oxidation sites excluding steroid dienone is 1. The Morgan fingerprint density at radius 2 is 1.87 bits per heavy atom. The van der Waals surface area contributed by atoms with E-state index in [1.807, 2.05) is 0 Å². The van der Waals surface area contributed by atoms with Crippen LogP contribution in [0.15, 0.2) is 63.8 Å². The summed E-state index contributed by atoms with van der Waals surface area (Å²) in [6.45, 7) is 0.428. The second kappa shape index (κ2) is 10.2. The molecule has 0 aliphatic rings. The lowest BCUT2D eigenvalue weighted by atomic mass is 10.1. The van der Waals surface area contributed by atoms with Crippen LogP contribution in [0.25, 0.3) is 17.0 Å². The number of benzene rings is 2. The molecule has 8 heteroatoms. The van der Waals surface area contributed by atoms with Gasteiger partial charge in [0.05, 0.1) is 19.1 Å². The van der Waals surface area contributed by atoms with E-state index in [4.69, 9.17) is 18.6 Å². The molecular weight excluding hydrogens is 402 g/mol. The van der Waals surface area contributed by atoms with Crippen molar-refractivity contribution in [2.24, 2.45) is 0 Å². The second-order valence-corrected chi connectivity index (χ2v) is 6.37. The van der Waals surface area contributed by atoms with Gasteiger partial charge < -0.3 is 18.6 Å². The molecule has 0 saturated carbocycles. The highest BCUT2D eigenvalue weighted by atomic mass is 16.6. The van der Waals surface area contributed by atoms with E-state index in [9.17, 15) is 14.4 Å². The summed E-state index contributed by atoms with van der Waals surface area (Å²) in [5.74, 6) is -0.399. The monoisotopic (exact) mass is 423 g/mol. The van der Waals surface area contributed by atoms with Crippen LogP contribution in [0.5, 0.6) is 5.75 Å². The summed E-state index contributed by atoms with van der Waals surface area (Å²) in [5.41, 5.74) is 0.487. The number of carbonyl (C=O) groups is 2. The quantitative estimate of drug-likeness (QED) is 0.254. The molecule has 3 rings (SSSR count). The molecule has 0 fully saturated rings. The molecule has 3 aromatic rings. The predicted octanol–water partition coefficient (Wildman–Crippen LogP) is 3.89. The Bertz CT molecular complexity index is 1180. The van der Waals surface area contributed by atoms with E-state index in [0.717, 1.165) is 0 Å². The molecule has 1 amide bonds. The van der Waals surface area contributed by atoms with E-state index >= 15 is 0 Å². The van der Waals surface area contributed by atoms with Crippen LogP contribution in [0.1, 0.15) is 15.9 Å². The van der Waals surface area contributed by atoms with Crippen molar-refractivity contribution in [3.63, 3.8) is 0 Å². The zero-order valence-electron chi connectivity index (χ0n) is 17.0. The molecule has 31 heavy (non-hydrogen) atoms. The van der Waals surface area contributed by atoms with Gasteiger partial charge in [-0.05, 0) is 35.9 Å². The van der Waals surface area contributed by atoms with Gasteiger partial charge in [0.25, 0.3) is 0 Å². The van der Waals surface area contributed by atoms with E-state index in [1.54, 1.807) is 48.5 Å².